The maximum absolute atomic E-state index is 11.7. The van der Waals surface area contributed by atoms with Crippen LogP contribution in [0, 0.1) is 0 Å². The van der Waals surface area contributed by atoms with Crippen molar-refractivity contribution < 1.29 is 19.5 Å². The van der Waals surface area contributed by atoms with Crippen LogP contribution in [0.15, 0.2) is 30.3 Å². The average Bonchev–Trinajstić information content (AvgIpc) is 2.44. The Kier molecular flexibility index (Phi) is 6.91. The van der Waals surface area contributed by atoms with Gasteiger partial charge in [0.2, 0.25) is 11.8 Å². The Labute approximate surface area is 133 Å². The van der Waals surface area contributed by atoms with Gasteiger partial charge in [0, 0.05) is 17.9 Å². The van der Waals surface area contributed by atoms with Crippen molar-refractivity contribution in [1.82, 2.24) is 5.32 Å². The molecule has 0 heterocycles. The molecule has 7 heteroatoms. The molecule has 120 valence electrons. The van der Waals surface area contributed by atoms with Gasteiger partial charge in [0.1, 0.15) is 5.54 Å². The summed E-state index contributed by atoms with van der Waals surface area (Å²) < 4.78 is 0. The quantitative estimate of drug-likeness (QED) is 0.633. The van der Waals surface area contributed by atoms with Crippen molar-refractivity contribution in [3.05, 3.63) is 30.3 Å². The second-order valence-corrected chi connectivity index (χ2v) is 6.30. The first-order valence-corrected chi connectivity index (χ1v) is 7.94. The molecule has 0 aromatic heterocycles. The van der Waals surface area contributed by atoms with Gasteiger partial charge in [-0.05, 0) is 26.0 Å². The maximum Gasteiger partial charge on any atom is 0.328 e. The van der Waals surface area contributed by atoms with E-state index in [1.165, 1.54) is 25.6 Å². The molecule has 2 amide bonds. The number of carbonyl (C=O) groups is 3. The van der Waals surface area contributed by atoms with Crippen molar-refractivity contribution in [2.45, 2.75) is 25.8 Å². The number of para-hydroxylation sites is 1. The Hall–Kier alpha value is -2.02. The Balaban J connectivity index is 2.21. The minimum Gasteiger partial charge on any atom is -0.480 e. The molecular weight excluding hydrogens is 304 g/mol. The van der Waals surface area contributed by atoms with Crippen LogP contribution in [0.1, 0.15) is 20.3 Å². The zero-order valence-electron chi connectivity index (χ0n) is 12.6. The fraction of sp³-hybridized carbons (Fsp3) is 0.400. The highest BCUT2D eigenvalue weighted by atomic mass is 32.2. The van der Waals surface area contributed by atoms with E-state index in [9.17, 15) is 14.4 Å². The van der Waals surface area contributed by atoms with Crippen LogP contribution < -0.4 is 10.6 Å². The summed E-state index contributed by atoms with van der Waals surface area (Å²) in [5.41, 5.74) is -0.555. The van der Waals surface area contributed by atoms with Crippen molar-refractivity contribution in [2.75, 3.05) is 16.8 Å². The van der Waals surface area contributed by atoms with Crippen molar-refractivity contribution in [3.8, 4) is 0 Å². The number of carboxylic acids is 1. The van der Waals surface area contributed by atoms with Gasteiger partial charge in [0.25, 0.3) is 0 Å². The molecule has 0 aliphatic heterocycles. The van der Waals surface area contributed by atoms with E-state index in [-0.39, 0.29) is 24.0 Å². The molecule has 22 heavy (non-hydrogen) atoms. The zero-order valence-corrected chi connectivity index (χ0v) is 13.4. The van der Waals surface area contributed by atoms with Gasteiger partial charge in [0.15, 0.2) is 0 Å². The van der Waals surface area contributed by atoms with E-state index in [4.69, 9.17) is 5.11 Å². The molecule has 0 aliphatic carbocycles. The van der Waals surface area contributed by atoms with Gasteiger partial charge in [-0.1, -0.05) is 18.2 Å². The van der Waals surface area contributed by atoms with E-state index in [0.717, 1.165) is 5.69 Å². The molecule has 0 bridgehead atoms. The minimum atomic E-state index is -1.29. The number of hydrogen-bond donors (Lipinski definition) is 3. The predicted octanol–water partition coefficient (Wildman–Crippen LogP) is 1.73. The number of hydrogen-bond acceptors (Lipinski definition) is 4. The molecular formula is C15H20N2O4S. The van der Waals surface area contributed by atoms with Crippen LogP contribution in [0.4, 0.5) is 5.69 Å². The first kappa shape index (κ1) is 18.0. The Morgan fingerprint density at radius 1 is 1.14 bits per heavy atom. The third-order valence-electron chi connectivity index (χ3n) is 2.75. The lowest BCUT2D eigenvalue weighted by Crippen LogP contribution is -2.49. The van der Waals surface area contributed by atoms with Gasteiger partial charge >= 0.3 is 5.97 Å². The first-order valence-electron chi connectivity index (χ1n) is 6.78. The molecule has 0 fully saturated rings. The average molecular weight is 324 g/mol. The van der Waals surface area contributed by atoms with Crippen molar-refractivity contribution in [1.29, 1.82) is 0 Å². The molecule has 0 atom stereocenters. The lowest BCUT2D eigenvalue weighted by Gasteiger charge is -2.20. The smallest absolute Gasteiger partial charge is 0.328 e. The number of thioether (sulfide) groups is 1. The Morgan fingerprint density at radius 2 is 1.77 bits per heavy atom. The van der Waals surface area contributed by atoms with E-state index < -0.39 is 11.5 Å². The van der Waals surface area contributed by atoms with Crippen LogP contribution in [0.2, 0.25) is 0 Å². The molecule has 1 aromatic carbocycles. The number of rotatable bonds is 8. The second-order valence-electron chi connectivity index (χ2n) is 5.20. The van der Waals surface area contributed by atoms with Gasteiger partial charge < -0.3 is 15.7 Å². The summed E-state index contributed by atoms with van der Waals surface area (Å²) in [6.07, 6.45) is 0.167. The molecule has 1 aromatic rings. The normalized spacial score (nSPS) is 10.8. The largest absolute Gasteiger partial charge is 0.480 e. The second kappa shape index (κ2) is 8.43. The lowest BCUT2D eigenvalue weighted by molar-refractivity contribution is -0.145. The van der Waals surface area contributed by atoms with Crippen LogP contribution in [0.5, 0.6) is 0 Å². The highest BCUT2D eigenvalue weighted by molar-refractivity contribution is 7.99. The monoisotopic (exact) mass is 324 g/mol. The number of carbonyl (C=O) groups excluding carboxylic acids is 2. The van der Waals surface area contributed by atoms with E-state index in [0.29, 0.717) is 5.75 Å². The SMILES string of the molecule is CC(C)(NC(=O)CCSCC(=O)Nc1ccccc1)C(=O)O. The van der Waals surface area contributed by atoms with E-state index in [2.05, 4.69) is 10.6 Å². The summed E-state index contributed by atoms with van der Waals surface area (Å²) in [4.78, 5) is 34.2. The number of carboxylic acid groups (broad SMARTS) is 1. The Bertz CT molecular complexity index is 532. The van der Waals surface area contributed by atoms with E-state index in [1.54, 1.807) is 12.1 Å². The summed E-state index contributed by atoms with van der Waals surface area (Å²) >= 11 is 1.32. The number of aliphatic carboxylic acids is 1. The van der Waals surface area contributed by atoms with Crippen molar-refractivity contribution >= 4 is 35.2 Å². The summed E-state index contributed by atoms with van der Waals surface area (Å²) in [6, 6.07) is 9.12. The number of nitrogens with one attached hydrogen (secondary N) is 2. The van der Waals surface area contributed by atoms with E-state index >= 15 is 0 Å². The van der Waals surface area contributed by atoms with Gasteiger partial charge in [-0.25, -0.2) is 4.79 Å². The third kappa shape index (κ3) is 6.62. The highest BCUT2D eigenvalue weighted by Crippen LogP contribution is 2.09. The fourth-order valence-corrected chi connectivity index (χ4v) is 2.24. The van der Waals surface area contributed by atoms with Crippen molar-refractivity contribution in [3.63, 3.8) is 0 Å². The van der Waals surface area contributed by atoms with Gasteiger partial charge in [-0.2, -0.15) is 11.8 Å². The molecule has 1 rings (SSSR count). The topological polar surface area (TPSA) is 95.5 Å². The molecule has 0 saturated heterocycles. The third-order valence-corrected chi connectivity index (χ3v) is 3.71. The molecule has 0 radical (unpaired) electrons. The van der Waals surface area contributed by atoms with Gasteiger partial charge in [-0.15, -0.1) is 0 Å². The van der Waals surface area contributed by atoms with Crippen LogP contribution in [-0.2, 0) is 14.4 Å². The predicted molar refractivity (Wildman–Crippen MR) is 86.9 cm³/mol. The van der Waals surface area contributed by atoms with Crippen LogP contribution in [0.3, 0.4) is 0 Å². The molecule has 3 N–H and O–H groups in total. The standard InChI is InChI=1S/C15H20N2O4S/c1-15(2,14(20)21)17-12(18)8-9-22-10-13(19)16-11-6-4-3-5-7-11/h3-7H,8-10H2,1-2H3,(H,16,19)(H,17,18)(H,20,21). The number of amides is 2. The lowest BCUT2D eigenvalue weighted by atomic mass is 10.1. The van der Waals surface area contributed by atoms with Crippen LogP contribution >= 0.6 is 11.8 Å². The molecule has 0 aliphatic rings. The van der Waals surface area contributed by atoms with Crippen LogP contribution in [-0.4, -0.2) is 39.9 Å². The minimum absolute atomic E-state index is 0.137. The molecule has 0 saturated carbocycles. The van der Waals surface area contributed by atoms with Gasteiger partial charge in [-0.3, -0.25) is 9.59 Å². The highest BCUT2D eigenvalue weighted by Gasteiger charge is 2.28. The maximum atomic E-state index is 11.7. The molecule has 0 spiro atoms. The Morgan fingerprint density at radius 3 is 2.36 bits per heavy atom. The number of benzene rings is 1. The first-order chi connectivity index (χ1) is 10.3. The summed E-state index contributed by atoms with van der Waals surface area (Å²) in [5, 5.41) is 14.1. The van der Waals surface area contributed by atoms with E-state index in [1.807, 2.05) is 18.2 Å². The molecule has 0 unspecified atom stereocenters. The molecule has 6 nitrogen and oxygen atoms in total. The summed E-state index contributed by atoms with van der Waals surface area (Å²) in [5.74, 6) is -0.879. The summed E-state index contributed by atoms with van der Waals surface area (Å²) in [7, 11) is 0. The number of anilines is 1. The van der Waals surface area contributed by atoms with Crippen molar-refractivity contribution in [2.24, 2.45) is 0 Å². The fourth-order valence-electron chi connectivity index (χ4n) is 1.51. The summed E-state index contributed by atoms with van der Waals surface area (Å²) in [6.45, 7) is 2.85. The zero-order chi connectivity index (χ0) is 16.6. The van der Waals surface area contributed by atoms with Crippen LogP contribution in [0.25, 0.3) is 0 Å². The van der Waals surface area contributed by atoms with Gasteiger partial charge in [0.05, 0.1) is 5.75 Å².